The third kappa shape index (κ3) is 4.03. The molecule has 9 nitrogen and oxygen atoms in total. The first-order valence-electron chi connectivity index (χ1n) is 9.81. The Morgan fingerprint density at radius 3 is 1.63 bits per heavy atom. The molecule has 1 aromatic rings. The molecule has 0 aromatic carbocycles. The van der Waals surface area contributed by atoms with Gasteiger partial charge in [-0.15, -0.1) is 10.2 Å². The molecular weight excluding hydrogens is 366 g/mol. The summed E-state index contributed by atoms with van der Waals surface area (Å²) in [6.07, 6.45) is 1.93. The zero-order valence-corrected chi connectivity index (χ0v) is 16.8. The van der Waals surface area contributed by atoms with Gasteiger partial charge < -0.3 is 14.7 Å². The summed E-state index contributed by atoms with van der Waals surface area (Å²) in [5, 5.41) is 8.81. The molecule has 27 heavy (non-hydrogen) atoms. The van der Waals surface area contributed by atoms with Gasteiger partial charge in [0.25, 0.3) is 10.2 Å². The molecule has 150 valence electrons. The van der Waals surface area contributed by atoms with Crippen LogP contribution in [0.1, 0.15) is 12.8 Å². The molecule has 3 aliphatic heterocycles. The molecule has 4 heterocycles. The van der Waals surface area contributed by atoms with E-state index >= 15 is 0 Å². The molecule has 10 heteroatoms. The molecule has 0 unspecified atom stereocenters. The van der Waals surface area contributed by atoms with Crippen molar-refractivity contribution in [3.8, 4) is 0 Å². The highest BCUT2D eigenvalue weighted by molar-refractivity contribution is 7.86. The van der Waals surface area contributed by atoms with Gasteiger partial charge in [-0.2, -0.15) is 17.0 Å². The standard InChI is InChI=1S/C17H29N7O2S/c1-20-8-10-21(11-9-20)16-4-5-17(19-18-16)22-12-14-24(15-13-22)27(25,26)23-6-2-3-7-23/h4-5H,2-3,6-15H2,1H3. The molecular formula is C17H29N7O2S. The zero-order valence-electron chi connectivity index (χ0n) is 16.0. The minimum absolute atomic E-state index is 0.501. The van der Waals surface area contributed by atoms with Crippen molar-refractivity contribution >= 4 is 21.8 Å². The van der Waals surface area contributed by atoms with Crippen molar-refractivity contribution in [3.05, 3.63) is 12.1 Å². The Morgan fingerprint density at radius 2 is 1.15 bits per heavy atom. The molecule has 1 aromatic heterocycles. The maximum absolute atomic E-state index is 12.7. The van der Waals surface area contributed by atoms with Crippen LogP contribution in [0.25, 0.3) is 0 Å². The van der Waals surface area contributed by atoms with Crippen molar-refractivity contribution in [2.75, 3.05) is 82.3 Å². The van der Waals surface area contributed by atoms with Gasteiger partial charge in [0, 0.05) is 65.4 Å². The summed E-state index contributed by atoms with van der Waals surface area (Å²) < 4.78 is 28.6. The van der Waals surface area contributed by atoms with Crippen molar-refractivity contribution in [3.63, 3.8) is 0 Å². The lowest BCUT2D eigenvalue weighted by molar-refractivity contribution is 0.311. The normalized spacial score (nSPS) is 23.9. The van der Waals surface area contributed by atoms with Crippen LogP contribution in [-0.2, 0) is 10.2 Å². The van der Waals surface area contributed by atoms with Crippen LogP contribution in [-0.4, -0.2) is 105 Å². The van der Waals surface area contributed by atoms with Gasteiger partial charge in [0.2, 0.25) is 0 Å². The Morgan fingerprint density at radius 1 is 0.704 bits per heavy atom. The minimum atomic E-state index is -3.30. The smallest absolute Gasteiger partial charge is 0.282 e. The highest BCUT2D eigenvalue weighted by Crippen LogP contribution is 2.21. The molecule has 3 fully saturated rings. The molecule has 0 saturated carbocycles. The number of aromatic nitrogens is 2. The van der Waals surface area contributed by atoms with Gasteiger partial charge in [-0.1, -0.05) is 0 Å². The van der Waals surface area contributed by atoms with Crippen molar-refractivity contribution in [1.82, 2.24) is 23.7 Å². The van der Waals surface area contributed by atoms with Crippen molar-refractivity contribution in [1.29, 1.82) is 0 Å². The fourth-order valence-corrected chi connectivity index (χ4v) is 5.59. The van der Waals surface area contributed by atoms with Crippen LogP contribution >= 0.6 is 0 Å². The Hall–Kier alpha value is -1.49. The Labute approximate surface area is 161 Å². The number of hydrogen-bond donors (Lipinski definition) is 0. The molecule has 0 spiro atoms. The van der Waals surface area contributed by atoms with E-state index < -0.39 is 10.2 Å². The summed E-state index contributed by atoms with van der Waals surface area (Å²) >= 11 is 0. The second-order valence-corrected chi connectivity index (χ2v) is 9.47. The molecule has 0 bridgehead atoms. The van der Waals surface area contributed by atoms with Crippen LogP contribution in [0.3, 0.4) is 0 Å². The van der Waals surface area contributed by atoms with E-state index in [1.165, 1.54) is 0 Å². The summed E-state index contributed by atoms with van der Waals surface area (Å²) in [7, 11) is -1.17. The lowest BCUT2D eigenvalue weighted by Gasteiger charge is -2.36. The topological polar surface area (TPSA) is 76.1 Å². The Balaban J connectivity index is 1.34. The number of piperazine rings is 2. The van der Waals surface area contributed by atoms with Crippen LogP contribution in [0, 0.1) is 0 Å². The van der Waals surface area contributed by atoms with Crippen molar-refractivity contribution in [2.24, 2.45) is 0 Å². The number of hydrogen-bond acceptors (Lipinski definition) is 7. The molecule has 0 amide bonds. The predicted molar refractivity (Wildman–Crippen MR) is 105 cm³/mol. The second kappa shape index (κ2) is 7.86. The molecule has 3 aliphatic rings. The minimum Gasteiger partial charge on any atom is -0.353 e. The third-order valence-electron chi connectivity index (χ3n) is 5.74. The summed E-state index contributed by atoms with van der Waals surface area (Å²) in [6.45, 7) is 7.62. The van der Waals surface area contributed by atoms with E-state index in [9.17, 15) is 8.42 Å². The first-order valence-corrected chi connectivity index (χ1v) is 11.2. The molecule has 0 N–H and O–H groups in total. The van der Waals surface area contributed by atoms with Gasteiger partial charge >= 0.3 is 0 Å². The average Bonchev–Trinajstić information content (AvgIpc) is 3.25. The maximum Gasteiger partial charge on any atom is 0.282 e. The van der Waals surface area contributed by atoms with Crippen LogP contribution in [0.4, 0.5) is 11.6 Å². The fraction of sp³-hybridized carbons (Fsp3) is 0.765. The van der Waals surface area contributed by atoms with Gasteiger partial charge in [-0.25, -0.2) is 0 Å². The first kappa shape index (κ1) is 18.9. The second-order valence-electron chi connectivity index (χ2n) is 7.54. The van der Waals surface area contributed by atoms with Gasteiger partial charge in [0.05, 0.1) is 0 Å². The number of rotatable bonds is 4. The summed E-state index contributed by atoms with van der Waals surface area (Å²) in [5.41, 5.74) is 0. The largest absolute Gasteiger partial charge is 0.353 e. The van der Waals surface area contributed by atoms with Crippen LogP contribution < -0.4 is 9.80 Å². The quantitative estimate of drug-likeness (QED) is 0.692. The SMILES string of the molecule is CN1CCN(c2ccc(N3CCN(S(=O)(=O)N4CCCC4)CC3)nn2)CC1. The lowest BCUT2D eigenvalue weighted by atomic mass is 10.3. The predicted octanol–water partition coefficient (Wildman–Crippen LogP) is -0.309. The summed E-state index contributed by atoms with van der Waals surface area (Å²) in [5.74, 6) is 1.74. The van der Waals surface area contributed by atoms with E-state index in [4.69, 9.17) is 0 Å². The van der Waals surface area contributed by atoms with E-state index in [2.05, 4.69) is 31.9 Å². The lowest BCUT2D eigenvalue weighted by Crippen LogP contribution is -2.52. The van der Waals surface area contributed by atoms with E-state index in [-0.39, 0.29) is 0 Å². The van der Waals surface area contributed by atoms with Crippen LogP contribution in [0.5, 0.6) is 0 Å². The van der Waals surface area contributed by atoms with Crippen molar-refractivity contribution in [2.45, 2.75) is 12.8 Å². The number of nitrogens with zero attached hydrogens (tertiary/aromatic N) is 7. The van der Waals surface area contributed by atoms with Crippen molar-refractivity contribution < 1.29 is 8.42 Å². The first-order chi connectivity index (χ1) is 13.0. The van der Waals surface area contributed by atoms with Crippen LogP contribution in [0.15, 0.2) is 12.1 Å². The molecule has 0 aliphatic carbocycles. The van der Waals surface area contributed by atoms with Gasteiger partial charge in [0.1, 0.15) is 0 Å². The summed E-state index contributed by atoms with van der Waals surface area (Å²) in [6, 6.07) is 4.03. The van der Waals surface area contributed by atoms with Crippen LogP contribution in [0.2, 0.25) is 0 Å². The molecule has 0 radical (unpaired) electrons. The fourth-order valence-electron chi connectivity index (χ4n) is 3.92. The maximum atomic E-state index is 12.7. The molecule has 4 rings (SSSR count). The zero-order chi connectivity index (χ0) is 18.9. The third-order valence-corrected chi connectivity index (χ3v) is 7.78. The molecule has 0 atom stereocenters. The van der Waals surface area contributed by atoms with E-state index in [1.807, 2.05) is 12.1 Å². The average molecular weight is 396 g/mol. The van der Waals surface area contributed by atoms with E-state index in [0.717, 1.165) is 50.7 Å². The summed E-state index contributed by atoms with van der Waals surface area (Å²) in [4.78, 5) is 6.70. The number of likely N-dealkylation sites (N-methyl/N-ethyl adjacent to an activating group) is 1. The number of anilines is 2. The van der Waals surface area contributed by atoms with Gasteiger partial charge in [-0.05, 0) is 32.0 Å². The Kier molecular flexibility index (Phi) is 5.49. The molecule has 3 saturated heterocycles. The van der Waals surface area contributed by atoms with E-state index in [1.54, 1.807) is 8.61 Å². The van der Waals surface area contributed by atoms with Gasteiger partial charge in [0.15, 0.2) is 11.6 Å². The highest BCUT2D eigenvalue weighted by atomic mass is 32.2. The van der Waals surface area contributed by atoms with E-state index in [0.29, 0.717) is 39.3 Å². The highest BCUT2D eigenvalue weighted by Gasteiger charge is 2.34. The van der Waals surface area contributed by atoms with Gasteiger partial charge in [-0.3, -0.25) is 0 Å². The Bertz CT molecular complexity index is 720. The monoisotopic (exact) mass is 395 g/mol.